The molecule has 0 aromatic carbocycles. The van der Waals surface area contributed by atoms with Crippen LogP contribution in [0.4, 0.5) is 0 Å². The van der Waals surface area contributed by atoms with Crippen molar-refractivity contribution in [1.82, 2.24) is 20.4 Å². The first-order valence-corrected chi connectivity index (χ1v) is 9.47. The molecule has 2 N–H and O–H groups in total. The summed E-state index contributed by atoms with van der Waals surface area (Å²) in [4.78, 5) is 14.9. The minimum Gasteiger partial charge on any atom is -0.378 e. The number of fused-ring (bicyclic) bond motifs is 1. The van der Waals surface area contributed by atoms with Gasteiger partial charge in [-0.25, -0.2) is 0 Å². The number of nitrogens with one attached hydrogen (secondary N) is 2. The highest BCUT2D eigenvalue weighted by Crippen LogP contribution is 2.23. The number of aromatic nitrogens is 2. The Hall–Kier alpha value is -1.40. The van der Waals surface area contributed by atoms with Crippen LogP contribution in [0.5, 0.6) is 0 Å². The molecular formula is C18H28N4O2. The molecule has 6 heteroatoms. The molecule has 1 aliphatic carbocycles. The molecule has 1 aromatic heterocycles. The van der Waals surface area contributed by atoms with Gasteiger partial charge >= 0.3 is 0 Å². The van der Waals surface area contributed by atoms with Gasteiger partial charge in [0.05, 0.1) is 31.0 Å². The summed E-state index contributed by atoms with van der Waals surface area (Å²) in [5, 5.41) is 10.8. The van der Waals surface area contributed by atoms with Crippen molar-refractivity contribution in [3.05, 3.63) is 17.0 Å². The Morgan fingerprint density at radius 1 is 1.21 bits per heavy atom. The van der Waals surface area contributed by atoms with Crippen molar-refractivity contribution < 1.29 is 9.53 Å². The van der Waals surface area contributed by atoms with Crippen LogP contribution in [-0.4, -0.2) is 59.4 Å². The summed E-state index contributed by atoms with van der Waals surface area (Å²) in [7, 11) is 0. The van der Waals surface area contributed by atoms with Crippen molar-refractivity contribution in [2.45, 2.75) is 63.5 Å². The lowest BCUT2D eigenvalue weighted by Gasteiger charge is -2.27. The summed E-state index contributed by atoms with van der Waals surface area (Å²) in [5.74, 6) is 0.127. The maximum atomic E-state index is 12.4. The number of H-pyrrole nitrogens is 1. The number of carbonyl (C=O) groups excluding carboxylic acids is 1. The van der Waals surface area contributed by atoms with E-state index in [-0.39, 0.29) is 11.9 Å². The molecular weight excluding hydrogens is 304 g/mol. The van der Waals surface area contributed by atoms with Crippen LogP contribution in [0.1, 0.15) is 49.1 Å². The average molecular weight is 332 g/mol. The number of hydrogen-bond acceptors (Lipinski definition) is 4. The molecule has 0 unspecified atom stereocenters. The monoisotopic (exact) mass is 332 g/mol. The van der Waals surface area contributed by atoms with E-state index in [1.54, 1.807) is 0 Å². The molecule has 1 amide bonds. The number of hydrogen-bond donors (Lipinski definition) is 2. The molecule has 0 bridgehead atoms. The second-order valence-corrected chi connectivity index (χ2v) is 7.36. The Morgan fingerprint density at radius 2 is 2.04 bits per heavy atom. The zero-order valence-corrected chi connectivity index (χ0v) is 14.4. The van der Waals surface area contributed by atoms with Gasteiger partial charge in [-0.05, 0) is 57.2 Å². The van der Waals surface area contributed by atoms with Gasteiger partial charge in [-0.1, -0.05) is 0 Å². The summed E-state index contributed by atoms with van der Waals surface area (Å²) < 4.78 is 5.63. The summed E-state index contributed by atoms with van der Waals surface area (Å²) in [6.07, 6.45) is 8.47. The largest absolute Gasteiger partial charge is 0.378 e. The van der Waals surface area contributed by atoms with Crippen LogP contribution < -0.4 is 5.32 Å². The third-order valence-corrected chi connectivity index (χ3v) is 5.74. The zero-order chi connectivity index (χ0) is 16.4. The highest BCUT2D eigenvalue weighted by atomic mass is 16.5. The van der Waals surface area contributed by atoms with Crippen molar-refractivity contribution >= 4 is 5.91 Å². The average Bonchev–Trinajstić information content (AvgIpc) is 3.33. The molecule has 2 atom stereocenters. The van der Waals surface area contributed by atoms with Gasteiger partial charge in [0.1, 0.15) is 0 Å². The molecule has 0 radical (unpaired) electrons. The zero-order valence-electron chi connectivity index (χ0n) is 14.4. The van der Waals surface area contributed by atoms with Crippen molar-refractivity contribution in [2.24, 2.45) is 0 Å². The van der Waals surface area contributed by atoms with Crippen LogP contribution >= 0.6 is 0 Å². The van der Waals surface area contributed by atoms with Crippen molar-refractivity contribution in [2.75, 3.05) is 26.3 Å². The topological polar surface area (TPSA) is 70.2 Å². The molecule has 0 saturated carbocycles. The molecule has 4 rings (SSSR count). The van der Waals surface area contributed by atoms with E-state index in [0.717, 1.165) is 44.7 Å². The van der Waals surface area contributed by atoms with Crippen molar-refractivity contribution in [1.29, 1.82) is 0 Å². The van der Waals surface area contributed by atoms with Gasteiger partial charge < -0.3 is 10.1 Å². The number of ether oxygens (including phenoxy) is 1. The van der Waals surface area contributed by atoms with E-state index in [1.807, 2.05) is 0 Å². The molecule has 6 nitrogen and oxygen atoms in total. The quantitative estimate of drug-likeness (QED) is 0.850. The van der Waals surface area contributed by atoms with E-state index in [0.29, 0.717) is 19.1 Å². The van der Waals surface area contributed by atoms with Gasteiger partial charge in [0.15, 0.2) is 0 Å². The molecule has 2 aliphatic heterocycles. The van der Waals surface area contributed by atoms with Gasteiger partial charge in [-0.3, -0.25) is 14.8 Å². The Morgan fingerprint density at radius 3 is 2.92 bits per heavy atom. The molecule has 2 fully saturated rings. The van der Waals surface area contributed by atoms with Gasteiger partial charge in [0, 0.05) is 18.5 Å². The Kier molecular flexibility index (Phi) is 4.85. The highest BCUT2D eigenvalue weighted by Gasteiger charge is 2.35. The third kappa shape index (κ3) is 3.35. The number of carbonyl (C=O) groups is 1. The SMILES string of the molecule is O=C(CCc1n[nH]c2c1CCCC2)N[C@H]1COC[C@@H]1N1CCCC1. The second-order valence-electron chi connectivity index (χ2n) is 7.36. The van der Waals surface area contributed by atoms with Gasteiger partial charge in [0.25, 0.3) is 0 Å². The first-order chi connectivity index (χ1) is 11.8. The molecule has 2 saturated heterocycles. The lowest BCUT2D eigenvalue weighted by molar-refractivity contribution is -0.122. The maximum Gasteiger partial charge on any atom is 0.220 e. The van der Waals surface area contributed by atoms with Crippen LogP contribution in [0.2, 0.25) is 0 Å². The number of likely N-dealkylation sites (tertiary alicyclic amines) is 1. The van der Waals surface area contributed by atoms with Gasteiger partial charge in [-0.2, -0.15) is 5.10 Å². The van der Waals surface area contributed by atoms with E-state index in [2.05, 4.69) is 20.4 Å². The molecule has 3 aliphatic rings. The predicted molar refractivity (Wildman–Crippen MR) is 90.9 cm³/mol. The number of aryl methyl sites for hydroxylation is 2. The number of aromatic amines is 1. The predicted octanol–water partition coefficient (Wildman–Crippen LogP) is 1.20. The lowest BCUT2D eigenvalue weighted by Crippen LogP contribution is -2.50. The van der Waals surface area contributed by atoms with Gasteiger partial charge in [0.2, 0.25) is 5.91 Å². The number of nitrogens with zero attached hydrogens (tertiary/aromatic N) is 2. The van der Waals surface area contributed by atoms with Crippen molar-refractivity contribution in [3.63, 3.8) is 0 Å². The molecule has 132 valence electrons. The third-order valence-electron chi connectivity index (χ3n) is 5.74. The summed E-state index contributed by atoms with van der Waals surface area (Å²) >= 11 is 0. The fourth-order valence-corrected chi connectivity index (χ4v) is 4.38. The minimum absolute atomic E-state index is 0.127. The molecule has 1 aromatic rings. The Labute approximate surface area is 143 Å². The fraction of sp³-hybridized carbons (Fsp3) is 0.778. The number of amides is 1. The Bertz CT molecular complexity index is 580. The van der Waals surface area contributed by atoms with Crippen LogP contribution in [0, 0.1) is 0 Å². The number of rotatable bonds is 5. The van der Waals surface area contributed by atoms with Crippen LogP contribution in [-0.2, 0) is 28.8 Å². The Balaban J connectivity index is 1.29. The van der Waals surface area contributed by atoms with Crippen LogP contribution in [0.15, 0.2) is 0 Å². The van der Waals surface area contributed by atoms with Crippen LogP contribution in [0.3, 0.4) is 0 Å². The van der Waals surface area contributed by atoms with Gasteiger partial charge in [-0.15, -0.1) is 0 Å². The van der Waals surface area contributed by atoms with E-state index in [9.17, 15) is 4.79 Å². The van der Waals surface area contributed by atoms with E-state index >= 15 is 0 Å². The first kappa shape index (κ1) is 16.1. The lowest BCUT2D eigenvalue weighted by atomic mass is 9.94. The standard InChI is InChI=1S/C18H28N4O2/c23-18(8-7-15-13-5-1-2-6-14(13)20-21-15)19-16-11-24-12-17(16)22-9-3-4-10-22/h16-17H,1-12H2,(H,19,23)(H,20,21)/t16-,17-/m0/s1. The van der Waals surface area contributed by atoms with Crippen LogP contribution in [0.25, 0.3) is 0 Å². The second kappa shape index (κ2) is 7.23. The van der Waals surface area contributed by atoms with Crippen molar-refractivity contribution in [3.8, 4) is 0 Å². The fourth-order valence-electron chi connectivity index (χ4n) is 4.38. The summed E-state index contributed by atoms with van der Waals surface area (Å²) in [6, 6.07) is 0.498. The molecule has 3 heterocycles. The van der Waals surface area contributed by atoms with E-state index < -0.39 is 0 Å². The van der Waals surface area contributed by atoms with E-state index in [4.69, 9.17) is 4.74 Å². The normalized spacial score (nSPS) is 27.3. The minimum atomic E-state index is 0.127. The molecule has 0 spiro atoms. The van der Waals surface area contributed by atoms with E-state index in [1.165, 1.54) is 36.9 Å². The smallest absolute Gasteiger partial charge is 0.220 e. The first-order valence-electron chi connectivity index (χ1n) is 9.47. The maximum absolute atomic E-state index is 12.4. The summed E-state index contributed by atoms with van der Waals surface area (Å²) in [5.41, 5.74) is 3.75. The molecule has 24 heavy (non-hydrogen) atoms. The summed E-state index contributed by atoms with van der Waals surface area (Å²) in [6.45, 7) is 3.67. The highest BCUT2D eigenvalue weighted by molar-refractivity contribution is 5.76.